The Morgan fingerprint density at radius 3 is 2.38 bits per heavy atom. The van der Waals surface area contributed by atoms with Gasteiger partial charge in [0.2, 0.25) is 0 Å². The van der Waals surface area contributed by atoms with Gasteiger partial charge in [-0.05, 0) is 12.8 Å². The van der Waals surface area contributed by atoms with Crippen LogP contribution < -0.4 is 0 Å². The van der Waals surface area contributed by atoms with E-state index in [1.165, 1.54) is 32.1 Å². The Balaban J connectivity index is 2.29. The summed E-state index contributed by atoms with van der Waals surface area (Å²) in [5.41, 5.74) is 0.178. The minimum atomic E-state index is 0.178. The molecule has 0 aromatic carbocycles. The number of rotatable bonds is 5. The number of ether oxygens (including phenoxy) is 2. The van der Waals surface area contributed by atoms with E-state index in [0.717, 1.165) is 17.6 Å². The molecule has 1 aliphatic carbocycles. The lowest BCUT2D eigenvalue weighted by Gasteiger charge is -2.35. The molecule has 0 radical (unpaired) electrons. The Morgan fingerprint density at radius 2 is 1.85 bits per heavy atom. The standard InChI is InChI=1S/C10H19IO2/c1-12-7-8-13-10(9-11)5-3-2-4-6-10/h2-9H2,1H3. The monoisotopic (exact) mass is 298 g/mol. The predicted octanol–water partition coefficient (Wildman–Crippen LogP) is 2.79. The number of halogens is 1. The maximum absolute atomic E-state index is 5.93. The third-order valence-corrected chi connectivity index (χ3v) is 4.09. The summed E-state index contributed by atoms with van der Waals surface area (Å²) in [6.07, 6.45) is 6.51. The smallest absolute Gasteiger partial charge is 0.0772 e. The van der Waals surface area contributed by atoms with E-state index < -0.39 is 0 Å². The highest BCUT2D eigenvalue weighted by molar-refractivity contribution is 14.1. The first-order valence-corrected chi connectivity index (χ1v) is 6.54. The van der Waals surface area contributed by atoms with E-state index in [1.54, 1.807) is 7.11 Å². The van der Waals surface area contributed by atoms with Crippen molar-refractivity contribution in [3.8, 4) is 0 Å². The summed E-state index contributed by atoms with van der Waals surface area (Å²) in [6.45, 7) is 1.47. The van der Waals surface area contributed by atoms with Gasteiger partial charge in [0.15, 0.2) is 0 Å². The zero-order valence-electron chi connectivity index (χ0n) is 8.35. The van der Waals surface area contributed by atoms with Crippen LogP contribution >= 0.6 is 22.6 Å². The van der Waals surface area contributed by atoms with Gasteiger partial charge in [0.05, 0.1) is 18.8 Å². The van der Waals surface area contributed by atoms with Gasteiger partial charge in [-0.3, -0.25) is 0 Å². The molecule has 1 rings (SSSR count). The first-order valence-electron chi connectivity index (χ1n) is 5.02. The summed E-state index contributed by atoms with van der Waals surface area (Å²) < 4.78 is 12.0. The molecule has 0 bridgehead atoms. The molecular weight excluding hydrogens is 279 g/mol. The highest BCUT2D eigenvalue weighted by Crippen LogP contribution is 2.33. The Kier molecular flexibility index (Phi) is 5.58. The second kappa shape index (κ2) is 6.19. The van der Waals surface area contributed by atoms with Crippen LogP contribution in [0.15, 0.2) is 0 Å². The molecule has 1 aliphatic rings. The van der Waals surface area contributed by atoms with E-state index in [0.29, 0.717) is 0 Å². The number of alkyl halides is 1. The van der Waals surface area contributed by atoms with Crippen LogP contribution in [0.25, 0.3) is 0 Å². The van der Waals surface area contributed by atoms with E-state index in [4.69, 9.17) is 9.47 Å². The third kappa shape index (κ3) is 3.72. The molecule has 2 nitrogen and oxygen atoms in total. The molecule has 0 spiro atoms. The van der Waals surface area contributed by atoms with E-state index in [9.17, 15) is 0 Å². The van der Waals surface area contributed by atoms with Crippen molar-refractivity contribution in [1.29, 1.82) is 0 Å². The van der Waals surface area contributed by atoms with Crippen molar-refractivity contribution in [1.82, 2.24) is 0 Å². The van der Waals surface area contributed by atoms with Crippen molar-refractivity contribution in [3.63, 3.8) is 0 Å². The zero-order chi connectivity index (χ0) is 9.57. The van der Waals surface area contributed by atoms with Gasteiger partial charge in [0.1, 0.15) is 0 Å². The van der Waals surface area contributed by atoms with Crippen LogP contribution in [0.4, 0.5) is 0 Å². The van der Waals surface area contributed by atoms with Crippen molar-refractivity contribution in [3.05, 3.63) is 0 Å². The molecule has 13 heavy (non-hydrogen) atoms. The average Bonchev–Trinajstić information content (AvgIpc) is 2.20. The van der Waals surface area contributed by atoms with Crippen molar-refractivity contribution in [2.75, 3.05) is 24.8 Å². The minimum absolute atomic E-state index is 0.178. The molecule has 0 amide bonds. The predicted molar refractivity (Wildman–Crippen MR) is 62.5 cm³/mol. The van der Waals surface area contributed by atoms with Gasteiger partial charge in [-0.25, -0.2) is 0 Å². The number of methoxy groups -OCH3 is 1. The average molecular weight is 298 g/mol. The van der Waals surface area contributed by atoms with E-state index in [-0.39, 0.29) is 5.60 Å². The van der Waals surface area contributed by atoms with Crippen LogP contribution in [0.3, 0.4) is 0 Å². The molecule has 0 N–H and O–H groups in total. The van der Waals surface area contributed by atoms with Gasteiger partial charge in [-0.1, -0.05) is 41.9 Å². The van der Waals surface area contributed by atoms with Crippen LogP contribution in [0, 0.1) is 0 Å². The summed E-state index contributed by atoms with van der Waals surface area (Å²) >= 11 is 2.45. The van der Waals surface area contributed by atoms with Crippen molar-refractivity contribution >= 4 is 22.6 Å². The maximum atomic E-state index is 5.93. The quantitative estimate of drug-likeness (QED) is 0.441. The summed E-state index contributed by atoms with van der Waals surface area (Å²) in [5, 5.41) is 0. The van der Waals surface area contributed by atoms with Gasteiger partial charge >= 0.3 is 0 Å². The van der Waals surface area contributed by atoms with Gasteiger partial charge in [0, 0.05) is 11.5 Å². The summed E-state index contributed by atoms with van der Waals surface area (Å²) in [5.74, 6) is 0. The highest BCUT2D eigenvalue weighted by atomic mass is 127. The fourth-order valence-corrected chi connectivity index (χ4v) is 2.84. The normalized spacial score (nSPS) is 21.7. The molecule has 0 heterocycles. The third-order valence-electron chi connectivity index (χ3n) is 2.70. The maximum Gasteiger partial charge on any atom is 0.0772 e. The van der Waals surface area contributed by atoms with Crippen molar-refractivity contribution < 1.29 is 9.47 Å². The molecule has 0 saturated heterocycles. The van der Waals surface area contributed by atoms with Crippen LogP contribution in [0.5, 0.6) is 0 Å². The molecule has 1 saturated carbocycles. The fourth-order valence-electron chi connectivity index (χ4n) is 1.85. The molecule has 1 fully saturated rings. The summed E-state index contributed by atoms with van der Waals surface area (Å²) in [7, 11) is 1.72. The molecule has 0 aliphatic heterocycles. The lowest BCUT2D eigenvalue weighted by molar-refractivity contribution is -0.0662. The van der Waals surface area contributed by atoms with Gasteiger partial charge in [-0.2, -0.15) is 0 Å². The molecule has 0 unspecified atom stereocenters. The SMILES string of the molecule is COCCOC1(CI)CCCCC1. The van der Waals surface area contributed by atoms with Crippen LogP contribution in [-0.2, 0) is 9.47 Å². The molecular formula is C10H19IO2. The molecule has 0 aromatic heterocycles. The second-order valence-corrected chi connectivity index (χ2v) is 4.48. The minimum Gasteiger partial charge on any atom is -0.382 e. The van der Waals surface area contributed by atoms with Crippen molar-refractivity contribution in [2.45, 2.75) is 37.7 Å². The van der Waals surface area contributed by atoms with Gasteiger partial charge in [-0.15, -0.1) is 0 Å². The Morgan fingerprint density at radius 1 is 1.15 bits per heavy atom. The largest absolute Gasteiger partial charge is 0.382 e. The first-order chi connectivity index (χ1) is 6.33. The second-order valence-electron chi connectivity index (χ2n) is 3.72. The molecule has 0 atom stereocenters. The summed E-state index contributed by atoms with van der Waals surface area (Å²) in [6, 6.07) is 0. The van der Waals surface area contributed by atoms with Gasteiger partial charge < -0.3 is 9.47 Å². The highest BCUT2D eigenvalue weighted by Gasteiger charge is 2.31. The van der Waals surface area contributed by atoms with Crippen LogP contribution in [0.1, 0.15) is 32.1 Å². The van der Waals surface area contributed by atoms with Crippen LogP contribution in [0.2, 0.25) is 0 Å². The van der Waals surface area contributed by atoms with Crippen molar-refractivity contribution in [2.24, 2.45) is 0 Å². The van der Waals surface area contributed by atoms with Gasteiger partial charge in [0.25, 0.3) is 0 Å². The zero-order valence-corrected chi connectivity index (χ0v) is 10.5. The lowest BCUT2D eigenvalue weighted by atomic mass is 9.86. The molecule has 78 valence electrons. The Labute approximate surface area is 94.5 Å². The number of hydrogen-bond donors (Lipinski definition) is 0. The van der Waals surface area contributed by atoms with E-state index in [1.807, 2.05) is 0 Å². The number of hydrogen-bond acceptors (Lipinski definition) is 2. The molecule has 3 heteroatoms. The first kappa shape index (κ1) is 11.7. The Bertz CT molecular complexity index is 133. The summed E-state index contributed by atoms with van der Waals surface area (Å²) in [4.78, 5) is 0. The lowest BCUT2D eigenvalue weighted by Crippen LogP contribution is -2.37. The molecule has 0 aromatic rings. The Hall–Kier alpha value is 0.650. The fraction of sp³-hybridized carbons (Fsp3) is 1.00. The van der Waals surface area contributed by atoms with E-state index in [2.05, 4.69) is 22.6 Å². The van der Waals surface area contributed by atoms with Crippen LogP contribution in [-0.4, -0.2) is 30.4 Å². The van der Waals surface area contributed by atoms with E-state index >= 15 is 0 Å². The topological polar surface area (TPSA) is 18.5 Å².